The summed E-state index contributed by atoms with van der Waals surface area (Å²) in [4.78, 5) is 35.4. The molecule has 9 nitrogen and oxygen atoms in total. The van der Waals surface area contributed by atoms with E-state index < -0.39 is 0 Å². The van der Waals surface area contributed by atoms with E-state index >= 15 is 0 Å². The summed E-state index contributed by atoms with van der Waals surface area (Å²) >= 11 is 0. The highest BCUT2D eigenvalue weighted by Gasteiger charge is 2.18. The molecule has 9 heteroatoms. The smallest absolute Gasteiger partial charge is 0.254 e. The van der Waals surface area contributed by atoms with Crippen LogP contribution in [0.5, 0.6) is 11.5 Å². The van der Waals surface area contributed by atoms with Crippen molar-refractivity contribution < 1.29 is 19.1 Å². The van der Waals surface area contributed by atoms with Crippen LogP contribution in [0.3, 0.4) is 0 Å². The SMILES string of the molecule is O=CN1CCN(c2ncc(C(=O)NCc3ccc4c(c3)OCO4)cn2)CC1. The molecule has 2 aromatic rings. The lowest BCUT2D eigenvalue weighted by Crippen LogP contribution is -2.46. The molecular formula is C18H19N5O4. The number of nitrogens with zero attached hydrogens (tertiary/aromatic N) is 4. The number of ether oxygens (including phenoxy) is 2. The van der Waals surface area contributed by atoms with Crippen LogP contribution in [0.15, 0.2) is 30.6 Å². The van der Waals surface area contributed by atoms with Crippen molar-refractivity contribution in [1.82, 2.24) is 20.2 Å². The fraction of sp³-hybridized carbons (Fsp3) is 0.333. The molecule has 4 rings (SSSR count). The van der Waals surface area contributed by atoms with E-state index in [2.05, 4.69) is 15.3 Å². The lowest BCUT2D eigenvalue weighted by molar-refractivity contribution is -0.118. The first-order valence-electron chi connectivity index (χ1n) is 8.66. The highest BCUT2D eigenvalue weighted by molar-refractivity contribution is 5.93. The number of hydrogen-bond donors (Lipinski definition) is 1. The van der Waals surface area contributed by atoms with Crippen LogP contribution in [-0.4, -0.2) is 60.2 Å². The van der Waals surface area contributed by atoms with Crippen LogP contribution in [0.2, 0.25) is 0 Å². The first kappa shape index (κ1) is 17.1. The number of piperazine rings is 1. The Bertz CT molecular complexity index is 834. The average molecular weight is 369 g/mol. The quantitative estimate of drug-likeness (QED) is 0.763. The molecule has 1 aromatic carbocycles. The van der Waals surface area contributed by atoms with E-state index in [4.69, 9.17) is 9.47 Å². The molecular weight excluding hydrogens is 350 g/mol. The molecule has 2 amide bonds. The molecule has 2 aliphatic rings. The Morgan fingerprint density at radius 3 is 2.59 bits per heavy atom. The van der Waals surface area contributed by atoms with Crippen LogP contribution in [0.25, 0.3) is 0 Å². The molecule has 27 heavy (non-hydrogen) atoms. The zero-order chi connectivity index (χ0) is 18.6. The van der Waals surface area contributed by atoms with Crippen LogP contribution in [0, 0.1) is 0 Å². The minimum atomic E-state index is -0.245. The predicted octanol–water partition coefficient (Wildman–Crippen LogP) is 0.414. The van der Waals surface area contributed by atoms with Gasteiger partial charge in [-0.2, -0.15) is 0 Å². The monoisotopic (exact) mass is 369 g/mol. The van der Waals surface area contributed by atoms with Crippen molar-refractivity contribution in [2.24, 2.45) is 0 Å². The van der Waals surface area contributed by atoms with E-state index in [1.54, 1.807) is 4.90 Å². The molecule has 0 atom stereocenters. The number of anilines is 1. The van der Waals surface area contributed by atoms with Crippen molar-refractivity contribution in [2.75, 3.05) is 37.9 Å². The van der Waals surface area contributed by atoms with E-state index in [-0.39, 0.29) is 12.7 Å². The highest BCUT2D eigenvalue weighted by atomic mass is 16.7. The third-order valence-corrected chi connectivity index (χ3v) is 4.54. The van der Waals surface area contributed by atoms with Crippen LogP contribution < -0.4 is 19.7 Å². The van der Waals surface area contributed by atoms with Crippen LogP contribution in [0.1, 0.15) is 15.9 Å². The first-order chi connectivity index (χ1) is 13.2. The van der Waals surface area contributed by atoms with Gasteiger partial charge in [0.2, 0.25) is 19.2 Å². The lowest BCUT2D eigenvalue weighted by Gasteiger charge is -2.32. The van der Waals surface area contributed by atoms with Gasteiger partial charge >= 0.3 is 0 Å². The molecule has 3 heterocycles. The van der Waals surface area contributed by atoms with Gasteiger partial charge in [0.05, 0.1) is 5.56 Å². The number of rotatable bonds is 5. The van der Waals surface area contributed by atoms with Gasteiger partial charge in [-0.3, -0.25) is 9.59 Å². The summed E-state index contributed by atoms with van der Waals surface area (Å²) in [5.74, 6) is 1.71. The highest BCUT2D eigenvalue weighted by Crippen LogP contribution is 2.32. The number of benzene rings is 1. The van der Waals surface area contributed by atoms with Crippen molar-refractivity contribution in [3.63, 3.8) is 0 Å². The van der Waals surface area contributed by atoms with E-state index in [0.717, 1.165) is 12.0 Å². The van der Waals surface area contributed by atoms with Crippen LogP contribution in [-0.2, 0) is 11.3 Å². The number of carbonyl (C=O) groups is 2. The van der Waals surface area contributed by atoms with Gasteiger partial charge in [0.25, 0.3) is 5.91 Å². The maximum Gasteiger partial charge on any atom is 0.254 e. The normalized spacial score (nSPS) is 15.6. The molecule has 0 spiro atoms. The van der Waals surface area contributed by atoms with Crippen molar-refractivity contribution in [2.45, 2.75) is 6.54 Å². The zero-order valence-corrected chi connectivity index (χ0v) is 14.6. The molecule has 1 fully saturated rings. The fourth-order valence-corrected chi connectivity index (χ4v) is 2.96. The fourth-order valence-electron chi connectivity index (χ4n) is 2.96. The molecule has 1 saturated heterocycles. The van der Waals surface area contributed by atoms with Gasteiger partial charge in [0.15, 0.2) is 11.5 Å². The van der Waals surface area contributed by atoms with Crippen molar-refractivity contribution in [3.8, 4) is 11.5 Å². The number of aromatic nitrogens is 2. The van der Waals surface area contributed by atoms with Gasteiger partial charge in [-0.1, -0.05) is 6.07 Å². The summed E-state index contributed by atoms with van der Waals surface area (Å²) in [6.45, 7) is 3.22. The molecule has 1 N–H and O–H groups in total. The lowest BCUT2D eigenvalue weighted by atomic mass is 10.2. The van der Waals surface area contributed by atoms with Crippen molar-refractivity contribution in [3.05, 3.63) is 41.7 Å². The third kappa shape index (κ3) is 3.76. The Morgan fingerprint density at radius 1 is 1.11 bits per heavy atom. The summed E-state index contributed by atoms with van der Waals surface area (Å²) in [6, 6.07) is 5.56. The minimum absolute atomic E-state index is 0.221. The van der Waals surface area contributed by atoms with Gasteiger partial charge in [0, 0.05) is 45.1 Å². The molecule has 140 valence electrons. The van der Waals surface area contributed by atoms with Gasteiger partial charge in [-0.05, 0) is 17.7 Å². The summed E-state index contributed by atoms with van der Waals surface area (Å²) in [5, 5.41) is 2.84. The third-order valence-electron chi connectivity index (χ3n) is 4.54. The summed E-state index contributed by atoms with van der Waals surface area (Å²) < 4.78 is 10.6. The van der Waals surface area contributed by atoms with Gasteiger partial charge in [-0.15, -0.1) is 0 Å². The molecule has 0 bridgehead atoms. The second kappa shape index (κ2) is 7.48. The van der Waals surface area contributed by atoms with Crippen LogP contribution in [0.4, 0.5) is 5.95 Å². The van der Waals surface area contributed by atoms with Crippen molar-refractivity contribution in [1.29, 1.82) is 0 Å². The summed E-state index contributed by atoms with van der Waals surface area (Å²) in [5.41, 5.74) is 1.31. The van der Waals surface area contributed by atoms with Gasteiger partial charge in [-0.25, -0.2) is 9.97 Å². The molecule has 1 aromatic heterocycles. The Hall–Kier alpha value is -3.36. The molecule has 0 saturated carbocycles. The van der Waals surface area contributed by atoms with Crippen LogP contribution >= 0.6 is 0 Å². The Morgan fingerprint density at radius 2 is 1.85 bits per heavy atom. The van der Waals surface area contributed by atoms with E-state index in [1.807, 2.05) is 23.1 Å². The van der Waals surface area contributed by atoms with Gasteiger partial charge < -0.3 is 24.6 Å². The van der Waals surface area contributed by atoms with E-state index in [9.17, 15) is 9.59 Å². The molecule has 0 unspecified atom stereocenters. The summed E-state index contributed by atoms with van der Waals surface area (Å²) in [7, 11) is 0. The van der Waals surface area contributed by atoms with Gasteiger partial charge in [0.1, 0.15) is 0 Å². The van der Waals surface area contributed by atoms with E-state index in [1.165, 1.54) is 12.4 Å². The standard InChI is InChI=1S/C18H19N5O4/c24-11-22-3-5-23(6-4-22)18-20-9-14(10-21-18)17(25)19-8-13-1-2-15-16(7-13)27-12-26-15/h1-2,7,9-11H,3-6,8,12H2,(H,19,25). The molecule has 0 radical (unpaired) electrons. The number of nitrogens with one attached hydrogen (secondary N) is 1. The maximum absolute atomic E-state index is 12.3. The first-order valence-corrected chi connectivity index (χ1v) is 8.66. The van der Waals surface area contributed by atoms with E-state index in [0.29, 0.717) is 55.7 Å². The molecule has 2 aliphatic heterocycles. The number of hydrogen-bond acceptors (Lipinski definition) is 7. The number of fused-ring (bicyclic) bond motifs is 1. The Labute approximate surface area is 155 Å². The Balaban J connectivity index is 1.33. The molecule has 0 aliphatic carbocycles. The second-order valence-corrected chi connectivity index (χ2v) is 6.27. The topological polar surface area (TPSA) is 96.9 Å². The summed E-state index contributed by atoms with van der Waals surface area (Å²) in [6.07, 6.45) is 3.89. The predicted molar refractivity (Wildman–Crippen MR) is 95.6 cm³/mol. The average Bonchev–Trinajstić information content (AvgIpc) is 3.20. The Kier molecular flexibility index (Phi) is 4.73. The minimum Gasteiger partial charge on any atom is -0.454 e. The largest absolute Gasteiger partial charge is 0.454 e. The number of amides is 2. The number of carbonyl (C=O) groups excluding carboxylic acids is 2. The second-order valence-electron chi connectivity index (χ2n) is 6.27. The maximum atomic E-state index is 12.3. The van der Waals surface area contributed by atoms with Crippen molar-refractivity contribution >= 4 is 18.3 Å². The zero-order valence-electron chi connectivity index (χ0n) is 14.6.